The van der Waals surface area contributed by atoms with Gasteiger partial charge in [-0.3, -0.25) is 4.79 Å². The molecular weight excluding hydrogens is 438 g/mol. The first-order chi connectivity index (χ1) is 14.6. The molecule has 0 spiro atoms. The van der Waals surface area contributed by atoms with Crippen LogP contribution in [0.1, 0.15) is 33.7 Å². The van der Waals surface area contributed by atoms with E-state index in [2.05, 4.69) is 62.2 Å². The fourth-order valence-corrected chi connectivity index (χ4v) is 3.87. The molecule has 0 aliphatic heterocycles. The van der Waals surface area contributed by atoms with Crippen molar-refractivity contribution >= 4 is 32.9 Å². The number of fused-ring (bicyclic) bond motifs is 1. The summed E-state index contributed by atoms with van der Waals surface area (Å²) in [5.41, 5.74) is 5.17. The maximum Gasteiger partial charge on any atom is 0.251 e. The molecular formula is C25H24BrN3O. The Labute approximate surface area is 185 Å². The van der Waals surface area contributed by atoms with Crippen LogP contribution in [0.2, 0.25) is 0 Å². The SMILES string of the molecule is Cc1cccc(C(=O)NCCCc2nc3ccccc3n2Cc2ccc(Br)cc2)c1. The Morgan fingerprint density at radius 3 is 2.63 bits per heavy atom. The van der Waals surface area contributed by atoms with E-state index in [0.29, 0.717) is 12.1 Å². The largest absolute Gasteiger partial charge is 0.352 e. The van der Waals surface area contributed by atoms with E-state index < -0.39 is 0 Å². The van der Waals surface area contributed by atoms with E-state index in [9.17, 15) is 4.79 Å². The molecule has 30 heavy (non-hydrogen) atoms. The molecule has 0 atom stereocenters. The van der Waals surface area contributed by atoms with Crippen molar-refractivity contribution < 1.29 is 4.79 Å². The van der Waals surface area contributed by atoms with Gasteiger partial charge in [0.2, 0.25) is 0 Å². The van der Waals surface area contributed by atoms with Gasteiger partial charge in [-0.1, -0.05) is 57.9 Å². The third-order valence-corrected chi connectivity index (χ3v) is 5.66. The average molecular weight is 462 g/mol. The molecule has 1 heterocycles. The van der Waals surface area contributed by atoms with E-state index in [1.807, 2.05) is 43.3 Å². The number of rotatable bonds is 7. The number of carbonyl (C=O) groups excluding carboxylic acids is 1. The van der Waals surface area contributed by atoms with Gasteiger partial charge in [-0.05, 0) is 55.3 Å². The van der Waals surface area contributed by atoms with Crippen molar-refractivity contribution in [3.8, 4) is 0 Å². The van der Waals surface area contributed by atoms with Gasteiger partial charge in [0.05, 0.1) is 11.0 Å². The number of para-hydroxylation sites is 2. The number of imidazole rings is 1. The number of hydrogen-bond donors (Lipinski definition) is 1. The first kappa shape index (κ1) is 20.4. The predicted octanol–water partition coefficient (Wildman–Crippen LogP) is 5.52. The minimum Gasteiger partial charge on any atom is -0.352 e. The molecule has 0 aliphatic rings. The summed E-state index contributed by atoms with van der Waals surface area (Å²) in [6.07, 6.45) is 1.64. The number of nitrogens with one attached hydrogen (secondary N) is 1. The Hall–Kier alpha value is -2.92. The van der Waals surface area contributed by atoms with E-state index in [1.54, 1.807) is 0 Å². The maximum absolute atomic E-state index is 12.3. The Bertz CT molecular complexity index is 1160. The van der Waals surface area contributed by atoms with Gasteiger partial charge in [-0.2, -0.15) is 0 Å². The number of hydrogen-bond acceptors (Lipinski definition) is 2. The van der Waals surface area contributed by atoms with Crippen molar-refractivity contribution in [3.05, 3.63) is 99.8 Å². The normalized spacial score (nSPS) is 11.0. The van der Waals surface area contributed by atoms with Crippen LogP contribution in [-0.4, -0.2) is 22.0 Å². The molecule has 0 bridgehead atoms. The summed E-state index contributed by atoms with van der Waals surface area (Å²) in [6.45, 7) is 3.39. The van der Waals surface area contributed by atoms with E-state index in [0.717, 1.165) is 46.3 Å². The van der Waals surface area contributed by atoms with Crippen LogP contribution in [0, 0.1) is 6.92 Å². The molecule has 152 valence electrons. The number of aromatic nitrogens is 2. The van der Waals surface area contributed by atoms with E-state index >= 15 is 0 Å². The third kappa shape index (κ3) is 4.79. The molecule has 4 aromatic rings. The fraction of sp³-hybridized carbons (Fsp3) is 0.200. The maximum atomic E-state index is 12.3. The number of benzene rings is 3. The van der Waals surface area contributed by atoms with Crippen molar-refractivity contribution in [1.29, 1.82) is 0 Å². The Kier molecular flexibility index (Phi) is 6.29. The van der Waals surface area contributed by atoms with Gasteiger partial charge in [0.15, 0.2) is 0 Å². The van der Waals surface area contributed by atoms with Gasteiger partial charge in [0.1, 0.15) is 5.82 Å². The van der Waals surface area contributed by atoms with Gasteiger partial charge in [0, 0.05) is 29.5 Å². The van der Waals surface area contributed by atoms with Crippen LogP contribution in [0.5, 0.6) is 0 Å². The summed E-state index contributed by atoms with van der Waals surface area (Å²) < 4.78 is 3.35. The quantitative estimate of drug-likeness (QED) is 0.368. The molecule has 0 aliphatic carbocycles. The van der Waals surface area contributed by atoms with Crippen molar-refractivity contribution in [1.82, 2.24) is 14.9 Å². The molecule has 0 fully saturated rings. The van der Waals surface area contributed by atoms with Gasteiger partial charge in [-0.15, -0.1) is 0 Å². The van der Waals surface area contributed by atoms with Crippen LogP contribution < -0.4 is 5.32 Å². The second kappa shape index (κ2) is 9.26. The average Bonchev–Trinajstić information content (AvgIpc) is 3.10. The number of aryl methyl sites for hydroxylation is 2. The summed E-state index contributed by atoms with van der Waals surface area (Å²) in [4.78, 5) is 17.2. The molecule has 5 heteroatoms. The van der Waals surface area contributed by atoms with Gasteiger partial charge in [0.25, 0.3) is 5.91 Å². The lowest BCUT2D eigenvalue weighted by Crippen LogP contribution is -2.25. The van der Waals surface area contributed by atoms with Crippen molar-refractivity contribution in [2.45, 2.75) is 26.3 Å². The van der Waals surface area contributed by atoms with Crippen LogP contribution >= 0.6 is 15.9 Å². The van der Waals surface area contributed by atoms with Crippen molar-refractivity contribution in [3.63, 3.8) is 0 Å². The number of halogens is 1. The molecule has 1 amide bonds. The van der Waals surface area contributed by atoms with Crippen LogP contribution in [0.3, 0.4) is 0 Å². The fourth-order valence-electron chi connectivity index (χ4n) is 3.60. The summed E-state index contributed by atoms with van der Waals surface area (Å²) in [5.74, 6) is 1.02. The highest BCUT2D eigenvalue weighted by molar-refractivity contribution is 9.10. The zero-order valence-corrected chi connectivity index (χ0v) is 18.5. The highest BCUT2D eigenvalue weighted by Crippen LogP contribution is 2.20. The van der Waals surface area contributed by atoms with E-state index in [-0.39, 0.29) is 5.91 Å². The highest BCUT2D eigenvalue weighted by atomic mass is 79.9. The molecule has 0 saturated carbocycles. The molecule has 1 aromatic heterocycles. The van der Waals surface area contributed by atoms with Gasteiger partial charge < -0.3 is 9.88 Å². The van der Waals surface area contributed by atoms with Crippen LogP contribution in [-0.2, 0) is 13.0 Å². The molecule has 0 saturated heterocycles. The Balaban J connectivity index is 1.44. The van der Waals surface area contributed by atoms with Crippen LogP contribution in [0.15, 0.2) is 77.3 Å². The minimum absolute atomic E-state index is 0.0259. The van der Waals surface area contributed by atoms with Crippen LogP contribution in [0.25, 0.3) is 11.0 Å². The number of carbonyl (C=O) groups is 1. The summed E-state index contributed by atoms with van der Waals surface area (Å²) >= 11 is 3.50. The molecule has 0 radical (unpaired) electrons. The minimum atomic E-state index is -0.0259. The number of nitrogens with zero attached hydrogens (tertiary/aromatic N) is 2. The monoisotopic (exact) mass is 461 g/mol. The zero-order chi connectivity index (χ0) is 20.9. The van der Waals surface area contributed by atoms with Gasteiger partial charge in [-0.25, -0.2) is 4.98 Å². The molecule has 0 unspecified atom stereocenters. The highest BCUT2D eigenvalue weighted by Gasteiger charge is 2.11. The molecule has 3 aromatic carbocycles. The Morgan fingerprint density at radius 1 is 1.03 bits per heavy atom. The van der Waals surface area contributed by atoms with Gasteiger partial charge >= 0.3 is 0 Å². The van der Waals surface area contributed by atoms with E-state index in [1.165, 1.54) is 5.56 Å². The number of amides is 1. The molecule has 4 nitrogen and oxygen atoms in total. The lowest BCUT2D eigenvalue weighted by atomic mass is 10.1. The third-order valence-electron chi connectivity index (χ3n) is 5.13. The van der Waals surface area contributed by atoms with Crippen LogP contribution in [0.4, 0.5) is 0 Å². The zero-order valence-electron chi connectivity index (χ0n) is 16.9. The standard InChI is InChI=1S/C25H24BrN3O/c1-18-6-4-7-20(16-18)25(30)27-15-5-10-24-28-22-8-2-3-9-23(22)29(24)17-19-11-13-21(26)14-12-19/h2-4,6-9,11-14,16H,5,10,15,17H2,1H3,(H,27,30). The summed E-state index contributed by atoms with van der Waals surface area (Å²) in [7, 11) is 0. The lowest BCUT2D eigenvalue weighted by Gasteiger charge is -2.10. The lowest BCUT2D eigenvalue weighted by molar-refractivity contribution is 0.0953. The topological polar surface area (TPSA) is 46.9 Å². The predicted molar refractivity (Wildman–Crippen MR) is 125 cm³/mol. The smallest absolute Gasteiger partial charge is 0.251 e. The first-order valence-electron chi connectivity index (χ1n) is 10.1. The van der Waals surface area contributed by atoms with E-state index in [4.69, 9.17) is 4.98 Å². The molecule has 1 N–H and O–H groups in total. The summed E-state index contributed by atoms with van der Waals surface area (Å²) in [6, 6.07) is 24.3. The Morgan fingerprint density at radius 2 is 1.83 bits per heavy atom. The first-order valence-corrected chi connectivity index (χ1v) is 10.9. The second-order valence-electron chi connectivity index (χ2n) is 7.46. The van der Waals surface area contributed by atoms with Crippen molar-refractivity contribution in [2.24, 2.45) is 0 Å². The molecule has 4 rings (SSSR count). The second-order valence-corrected chi connectivity index (χ2v) is 8.37. The van der Waals surface area contributed by atoms with Crippen molar-refractivity contribution in [2.75, 3.05) is 6.54 Å². The summed E-state index contributed by atoms with van der Waals surface area (Å²) in [5, 5.41) is 3.02.